The van der Waals surface area contributed by atoms with Gasteiger partial charge in [-0.15, -0.1) is 12.4 Å². The van der Waals surface area contributed by atoms with Gasteiger partial charge in [0.2, 0.25) is 0 Å². The number of para-hydroxylation sites is 1. The lowest BCUT2D eigenvalue weighted by Gasteiger charge is -2.34. The van der Waals surface area contributed by atoms with E-state index in [2.05, 4.69) is 64.8 Å². The van der Waals surface area contributed by atoms with E-state index in [0.29, 0.717) is 23.2 Å². The van der Waals surface area contributed by atoms with Crippen LogP contribution in [0.3, 0.4) is 0 Å². The van der Waals surface area contributed by atoms with Crippen molar-refractivity contribution in [3.05, 3.63) is 70.8 Å². The molecule has 0 unspecified atom stereocenters. The Hall–Kier alpha value is -2.56. The van der Waals surface area contributed by atoms with Gasteiger partial charge in [-0.2, -0.15) is 0 Å². The standard InChI is InChI=1S/C29H40N6OS.ClH.H2O/c1-29(2,3)23-10-7-8-21(18-23)20-35-14-12-34(13-15-35)16-17-37-28-32-26(30)24(27(31)33-28)19-22-9-5-6-11-25(22)36-4;;/h5-11,18H,12-17,19-20H2,1-4H3,(H4,30,31,32,33);1H;1H2. The summed E-state index contributed by atoms with van der Waals surface area (Å²) in [4.78, 5) is 14.1. The highest BCUT2D eigenvalue weighted by atomic mass is 35.5. The van der Waals surface area contributed by atoms with Gasteiger partial charge < -0.3 is 21.7 Å². The molecule has 214 valence electrons. The first-order valence-corrected chi connectivity index (χ1v) is 13.9. The number of nitrogen functional groups attached to an aromatic ring is 2. The summed E-state index contributed by atoms with van der Waals surface area (Å²) in [6, 6.07) is 16.9. The molecule has 2 heterocycles. The monoisotopic (exact) mass is 574 g/mol. The molecule has 8 nitrogen and oxygen atoms in total. The van der Waals surface area contributed by atoms with Crippen LogP contribution in [0.5, 0.6) is 5.75 Å². The predicted molar refractivity (Wildman–Crippen MR) is 165 cm³/mol. The van der Waals surface area contributed by atoms with Crippen molar-refractivity contribution in [3.63, 3.8) is 0 Å². The summed E-state index contributed by atoms with van der Waals surface area (Å²) in [5, 5.41) is 0.635. The highest BCUT2D eigenvalue weighted by Crippen LogP contribution is 2.28. The van der Waals surface area contributed by atoms with E-state index < -0.39 is 0 Å². The maximum Gasteiger partial charge on any atom is 0.191 e. The number of halogens is 1. The molecule has 6 N–H and O–H groups in total. The first-order chi connectivity index (χ1) is 17.7. The molecule has 10 heteroatoms. The number of aromatic nitrogens is 2. The van der Waals surface area contributed by atoms with Crippen LogP contribution in [0.15, 0.2) is 53.7 Å². The number of ether oxygens (including phenoxy) is 1. The van der Waals surface area contributed by atoms with Gasteiger partial charge in [-0.1, -0.05) is 75.0 Å². The van der Waals surface area contributed by atoms with Gasteiger partial charge in [-0.25, -0.2) is 9.97 Å². The molecule has 0 spiro atoms. The smallest absolute Gasteiger partial charge is 0.191 e. The molecule has 0 amide bonds. The maximum atomic E-state index is 6.29. The molecule has 0 atom stereocenters. The lowest BCUT2D eigenvalue weighted by atomic mass is 9.86. The van der Waals surface area contributed by atoms with Gasteiger partial charge in [0, 0.05) is 57.0 Å². The molecule has 39 heavy (non-hydrogen) atoms. The van der Waals surface area contributed by atoms with E-state index in [9.17, 15) is 0 Å². The quantitative estimate of drug-likeness (QED) is 0.290. The fourth-order valence-corrected chi connectivity index (χ4v) is 5.47. The van der Waals surface area contributed by atoms with Crippen LogP contribution in [-0.4, -0.2) is 70.8 Å². The number of piperazine rings is 1. The van der Waals surface area contributed by atoms with Crippen molar-refractivity contribution in [1.29, 1.82) is 0 Å². The summed E-state index contributed by atoms with van der Waals surface area (Å²) >= 11 is 1.61. The van der Waals surface area contributed by atoms with Gasteiger partial charge in [0.25, 0.3) is 0 Å². The number of hydrogen-bond acceptors (Lipinski definition) is 8. The predicted octanol–water partition coefficient (Wildman–Crippen LogP) is 4.04. The molecular weight excluding hydrogens is 532 g/mol. The third-order valence-corrected chi connectivity index (χ3v) is 7.74. The molecule has 3 aromatic rings. The number of rotatable bonds is 9. The van der Waals surface area contributed by atoms with Crippen molar-refractivity contribution in [3.8, 4) is 5.75 Å². The van der Waals surface area contributed by atoms with Gasteiger partial charge in [-0.3, -0.25) is 9.80 Å². The Morgan fingerprint density at radius 3 is 2.21 bits per heavy atom. The van der Waals surface area contributed by atoms with Crippen molar-refractivity contribution in [2.24, 2.45) is 0 Å². The number of nitrogens with zero attached hydrogens (tertiary/aromatic N) is 4. The summed E-state index contributed by atoms with van der Waals surface area (Å²) in [6.45, 7) is 13.1. The molecule has 4 rings (SSSR count). The average molecular weight is 575 g/mol. The number of nitrogens with two attached hydrogens (primary N) is 2. The van der Waals surface area contributed by atoms with Crippen LogP contribution in [-0.2, 0) is 18.4 Å². The summed E-state index contributed by atoms with van der Waals surface area (Å²) in [5.41, 5.74) is 17.3. The Bertz CT molecular complexity index is 1180. The fraction of sp³-hybridized carbons (Fsp3) is 0.448. The summed E-state index contributed by atoms with van der Waals surface area (Å²) in [7, 11) is 1.66. The van der Waals surface area contributed by atoms with Gasteiger partial charge in [-0.05, 0) is 28.2 Å². The Morgan fingerprint density at radius 1 is 0.923 bits per heavy atom. The highest BCUT2D eigenvalue weighted by Gasteiger charge is 2.19. The number of methoxy groups -OCH3 is 1. The number of hydrogen-bond donors (Lipinski definition) is 2. The van der Waals surface area contributed by atoms with Crippen LogP contribution in [0.1, 0.15) is 43.0 Å². The minimum absolute atomic E-state index is 0. The van der Waals surface area contributed by atoms with E-state index in [4.69, 9.17) is 16.2 Å². The number of thioether (sulfide) groups is 1. The fourth-order valence-electron chi connectivity index (χ4n) is 4.61. The van der Waals surface area contributed by atoms with Crippen molar-refractivity contribution in [1.82, 2.24) is 19.8 Å². The van der Waals surface area contributed by atoms with Crippen LogP contribution in [0.4, 0.5) is 11.6 Å². The van der Waals surface area contributed by atoms with E-state index >= 15 is 0 Å². The average Bonchev–Trinajstić information content (AvgIpc) is 2.87. The van der Waals surface area contributed by atoms with Crippen LogP contribution >= 0.6 is 24.2 Å². The topological polar surface area (TPSA) is 125 Å². The molecule has 1 aliphatic heterocycles. The van der Waals surface area contributed by atoms with E-state index in [0.717, 1.165) is 61.9 Å². The Labute approximate surface area is 243 Å². The molecule has 1 aromatic heterocycles. The zero-order valence-electron chi connectivity index (χ0n) is 23.4. The first kappa shape index (κ1) is 32.7. The maximum absolute atomic E-state index is 6.29. The second kappa shape index (κ2) is 14.7. The minimum atomic E-state index is 0. The minimum Gasteiger partial charge on any atom is -0.496 e. The third kappa shape index (κ3) is 8.98. The largest absolute Gasteiger partial charge is 0.496 e. The van der Waals surface area contributed by atoms with E-state index in [1.54, 1.807) is 18.9 Å². The molecule has 1 fully saturated rings. The van der Waals surface area contributed by atoms with Crippen LogP contribution < -0.4 is 16.2 Å². The van der Waals surface area contributed by atoms with Crippen LogP contribution in [0, 0.1) is 0 Å². The molecule has 0 bridgehead atoms. The third-order valence-electron chi connectivity index (χ3n) is 6.91. The van der Waals surface area contributed by atoms with E-state index in [-0.39, 0.29) is 23.3 Å². The number of benzene rings is 2. The zero-order chi connectivity index (χ0) is 26.4. The Kier molecular flexibility index (Phi) is 12.3. The normalized spacial score (nSPS) is 14.4. The molecule has 1 aliphatic rings. The summed E-state index contributed by atoms with van der Waals surface area (Å²) < 4.78 is 5.45. The van der Waals surface area contributed by atoms with Crippen molar-refractivity contribution in [2.45, 2.75) is 44.3 Å². The van der Waals surface area contributed by atoms with E-state index in [1.807, 2.05) is 24.3 Å². The van der Waals surface area contributed by atoms with Crippen LogP contribution in [0.2, 0.25) is 0 Å². The first-order valence-electron chi connectivity index (χ1n) is 12.9. The molecular formula is C29H43ClN6O2S. The van der Waals surface area contributed by atoms with Crippen LogP contribution in [0.25, 0.3) is 0 Å². The summed E-state index contributed by atoms with van der Waals surface area (Å²) in [5.74, 6) is 2.58. The zero-order valence-corrected chi connectivity index (χ0v) is 25.1. The molecule has 0 saturated carbocycles. The molecule has 1 saturated heterocycles. The van der Waals surface area contributed by atoms with Gasteiger partial charge in [0.1, 0.15) is 17.4 Å². The van der Waals surface area contributed by atoms with Gasteiger partial charge in [0.15, 0.2) is 5.16 Å². The summed E-state index contributed by atoms with van der Waals surface area (Å²) in [6.07, 6.45) is 0.539. The second-order valence-corrected chi connectivity index (χ2v) is 11.7. The highest BCUT2D eigenvalue weighted by molar-refractivity contribution is 7.99. The molecule has 2 aromatic carbocycles. The number of anilines is 2. The lowest BCUT2D eigenvalue weighted by molar-refractivity contribution is 0.132. The lowest BCUT2D eigenvalue weighted by Crippen LogP contribution is -2.46. The molecule has 0 radical (unpaired) electrons. The second-order valence-electron chi connectivity index (χ2n) is 10.7. The Morgan fingerprint density at radius 2 is 1.56 bits per heavy atom. The van der Waals surface area contributed by atoms with E-state index in [1.165, 1.54) is 11.1 Å². The molecule has 0 aliphatic carbocycles. The van der Waals surface area contributed by atoms with Crippen molar-refractivity contribution >= 4 is 35.8 Å². The van der Waals surface area contributed by atoms with Gasteiger partial charge >= 0.3 is 0 Å². The van der Waals surface area contributed by atoms with Crippen molar-refractivity contribution in [2.75, 3.05) is 57.1 Å². The SMILES string of the molecule is COc1ccccc1Cc1c(N)nc(SCCN2CCN(Cc3cccc(C(C)(C)C)c3)CC2)nc1N.Cl.O. The van der Waals surface area contributed by atoms with Crippen molar-refractivity contribution < 1.29 is 10.2 Å². The van der Waals surface area contributed by atoms with Gasteiger partial charge in [0.05, 0.1) is 7.11 Å². The Balaban J connectivity index is 0.00000267.